The first kappa shape index (κ1) is 15.6. The summed E-state index contributed by atoms with van der Waals surface area (Å²) in [6.45, 7) is 0. The molecule has 0 saturated carbocycles. The number of nitrogens with zero attached hydrogens (tertiary/aromatic N) is 1. The average Bonchev–Trinajstić information content (AvgIpc) is 2.63. The van der Waals surface area contributed by atoms with E-state index in [1.165, 1.54) is 24.3 Å². The summed E-state index contributed by atoms with van der Waals surface area (Å²) < 4.78 is 13.1. The Labute approximate surface area is 139 Å². The highest BCUT2D eigenvalue weighted by molar-refractivity contribution is 6.49. The third kappa shape index (κ3) is 3.93. The van der Waals surface area contributed by atoms with E-state index in [4.69, 9.17) is 0 Å². The van der Waals surface area contributed by atoms with Crippen molar-refractivity contribution in [3.8, 4) is 0 Å². The molecule has 0 aliphatic rings. The SMILES string of the molecule is O=C(C(=Nc1ccccc1)Nc1ccccc1)c1ccc(F)cc1. The molecule has 0 atom stereocenters. The van der Waals surface area contributed by atoms with Crippen LogP contribution in [0.3, 0.4) is 0 Å². The van der Waals surface area contributed by atoms with Gasteiger partial charge in [-0.25, -0.2) is 9.38 Å². The minimum Gasteiger partial charge on any atom is -0.337 e. The molecule has 3 aromatic rings. The van der Waals surface area contributed by atoms with Gasteiger partial charge in [-0.3, -0.25) is 4.79 Å². The number of carbonyl (C=O) groups excluding carboxylic acids is 1. The molecule has 4 heteroatoms. The van der Waals surface area contributed by atoms with E-state index in [1.54, 1.807) is 0 Å². The van der Waals surface area contributed by atoms with Crippen LogP contribution in [0.5, 0.6) is 0 Å². The molecule has 3 rings (SSSR count). The monoisotopic (exact) mass is 318 g/mol. The first-order valence-corrected chi connectivity index (χ1v) is 7.48. The van der Waals surface area contributed by atoms with E-state index in [0.717, 1.165) is 5.69 Å². The number of amidine groups is 1. The quantitative estimate of drug-likeness (QED) is 0.424. The van der Waals surface area contributed by atoms with Gasteiger partial charge in [0.05, 0.1) is 5.69 Å². The molecule has 0 aromatic heterocycles. The molecule has 0 saturated heterocycles. The van der Waals surface area contributed by atoms with Gasteiger partial charge in [-0.2, -0.15) is 0 Å². The molecule has 24 heavy (non-hydrogen) atoms. The Balaban J connectivity index is 1.96. The number of para-hydroxylation sites is 2. The highest BCUT2D eigenvalue weighted by Crippen LogP contribution is 2.15. The summed E-state index contributed by atoms with van der Waals surface area (Å²) in [6, 6.07) is 23.9. The van der Waals surface area contributed by atoms with E-state index in [9.17, 15) is 9.18 Å². The van der Waals surface area contributed by atoms with E-state index in [2.05, 4.69) is 10.3 Å². The van der Waals surface area contributed by atoms with E-state index in [-0.39, 0.29) is 17.4 Å². The lowest BCUT2D eigenvalue weighted by molar-refractivity contribution is 0.106. The molecule has 0 spiro atoms. The predicted octanol–water partition coefficient (Wildman–Crippen LogP) is 4.85. The van der Waals surface area contributed by atoms with Crippen molar-refractivity contribution in [2.24, 2.45) is 4.99 Å². The Morgan fingerprint density at radius 1 is 0.792 bits per heavy atom. The Morgan fingerprint density at radius 3 is 2.00 bits per heavy atom. The molecule has 0 bridgehead atoms. The first-order valence-electron chi connectivity index (χ1n) is 7.48. The maximum absolute atomic E-state index is 13.1. The second-order valence-electron chi connectivity index (χ2n) is 5.12. The Hall–Kier alpha value is -3.27. The number of halogens is 1. The molecule has 1 N–H and O–H groups in total. The van der Waals surface area contributed by atoms with Gasteiger partial charge in [0, 0.05) is 11.3 Å². The third-order valence-electron chi connectivity index (χ3n) is 3.36. The fourth-order valence-electron chi connectivity index (χ4n) is 2.16. The summed E-state index contributed by atoms with van der Waals surface area (Å²) in [7, 11) is 0. The molecule has 3 aromatic carbocycles. The number of hydrogen-bond acceptors (Lipinski definition) is 2. The number of Topliss-reactive ketones (excluding diaryl/α,β-unsaturated/α-hetero) is 1. The number of ketones is 1. The zero-order valence-electron chi connectivity index (χ0n) is 12.8. The minimum absolute atomic E-state index is 0.180. The number of carbonyl (C=O) groups is 1. The van der Waals surface area contributed by atoms with Crippen molar-refractivity contribution in [2.75, 3.05) is 5.32 Å². The number of hydrogen-bond donors (Lipinski definition) is 1. The topological polar surface area (TPSA) is 41.5 Å². The number of aliphatic imine (C=N–C) groups is 1. The van der Waals surface area contributed by atoms with Crippen molar-refractivity contribution in [3.05, 3.63) is 96.3 Å². The summed E-state index contributed by atoms with van der Waals surface area (Å²) in [5.41, 5.74) is 1.78. The summed E-state index contributed by atoms with van der Waals surface area (Å²) in [6.07, 6.45) is 0. The van der Waals surface area contributed by atoms with Crippen LogP contribution in [-0.2, 0) is 0 Å². The van der Waals surface area contributed by atoms with Crippen molar-refractivity contribution in [3.63, 3.8) is 0 Å². The van der Waals surface area contributed by atoms with Crippen LogP contribution in [-0.4, -0.2) is 11.6 Å². The average molecular weight is 318 g/mol. The Kier molecular flexibility index (Phi) is 4.77. The maximum Gasteiger partial charge on any atom is 0.228 e. The van der Waals surface area contributed by atoms with Gasteiger partial charge in [0.2, 0.25) is 5.78 Å². The van der Waals surface area contributed by atoms with Crippen LogP contribution in [0.25, 0.3) is 0 Å². The lowest BCUT2D eigenvalue weighted by Gasteiger charge is -2.09. The molecule has 0 amide bonds. The molecule has 0 fully saturated rings. The molecular weight excluding hydrogens is 303 g/mol. The number of nitrogens with one attached hydrogen (secondary N) is 1. The van der Waals surface area contributed by atoms with Crippen molar-refractivity contribution >= 4 is 23.0 Å². The van der Waals surface area contributed by atoms with Crippen molar-refractivity contribution < 1.29 is 9.18 Å². The fraction of sp³-hybridized carbons (Fsp3) is 0. The Morgan fingerprint density at radius 2 is 1.38 bits per heavy atom. The van der Waals surface area contributed by atoms with Gasteiger partial charge in [-0.15, -0.1) is 0 Å². The molecule has 0 radical (unpaired) electrons. The van der Waals surface area contributed by atoms with Crippen LogP contribution in [0.15, 0.2) is 89.9 Å². The largest absolute Gasteiger partial charge is 0.337 e. The molecule has 0 unspecified atom stereocenters. The smallest absolute Gasteiger partial charge is 0.228 e. The van der Waals surface area contributed by atoms with Gasteiger partial charge >= 0.3 is 0 Å². The number of rotatable bonds is 4. The van der Waals surface area contributed by atoms with Crippen molar-refractivity contribution in [2.45, 2.75) is 0 Å². The zero-order valence-corrected chi connectivity index (χ0v) is 12.8. The van der Waals surface area contributed by atoms with E-state index in [1.807, 2.05) is 60.7 Å². The predicted molar refractivity (Wildman–Crippen MR) is 94.3 cm³/mol. The van der Waals surface area contributed by atoms with E-state index >= 15 is 0 Å². The van der Waals surface area contributed by atoms with Gasteiger partial charge in [-0.1, -0.05) is 36.4 Å². The van der Waals surface area contributed by atoms with Crippen LogP contribution in [0.2, 0.25) is 0 Å². The van der Waals surface area contributed by atoms with Crippen LogP contribution < -0.4 is 5.32 Å². The summed E-state index contributed by atoms with van der Waals surface area (Å²) in [5, 5.41) is 3.05. The van der Waals surface area contributed by atoms with Gasteiger partial charge in [0.15, 0.2) is 5.84 Å². The van der Waals surface area contributed by atoms with E-state index in [0.29, 0.717) is 11.3 Å². The lowest BCUT2D eigenvalue weighted by atomic mass is 10.1. The molecule has 3 nitrogen and oxygen atoms in total. The first-order chi connectivity index (χ1) is 11.7. The molecule has 0 aliphatic heterocycles. The van der Waals surface area contributed by atoms with Crippen LogP contribution in [0.1, 0.15) is 10.4 Å². The number of benzene rings is 3. The summed E-state index contributed by atoms with van der Waals surface area (Å²) in [4.78, 5) is 17.2. The highest BCUT2D eigenvalue weighted by Gasteiger charge is 2.15. The van der Waals surface area contributed by atoms with Crippen LogP contribution in [0.4, 0.5) is 15.8 Å². The molecule has 118 valence electrons. The van der Waals surface area contributed by atoms with Gasteiger partial charge < -0.3 is 5.32 Å². The summed E-state index contributed by atoms with van der Waals surface area (Å²) >= 11 is 0. The van der Waals surface area contributed by atoms with Crippen molar-refractivity contribution in [1.29, 1.82) is 0 Å². The maximum atomic E-state index is 13.1. The lowest BCUT2D eigenvalue weighted by Crippen LogP contribution is -2.23. The second kappa shape index (κ2) is 7.33. The minimum atomic E-state index is -0.385. The normalized spacial score (nSPS) is 11.1. The second-order valence-corrected chi connectivity index (χ2v) is 5.12. The molecular formula is C20H15FN2O. The third-order valence-corrected chi connectivity index (χ3v) is 3.36. The molecule has 0 heterocycles. The van der Waals surface area contributed by atoms with Gasteiger partial charge in [0.25, 0.3) is 0 Å². The van der Waals surface area contributed by atoms with Gasteiger partial charge in [0.1, 0.15) is 5.82 Å². The Bertz CT molecular complexity index is 844. The fourth-order valence-corrected chi connectivity index (χ4v) is 2.16. The zero-order chi connectivity index (χ0) is 16.8. The van der Waals surface area contributed by atoms with Crippen LogP contribution >= 0.6 is 0 Å². The van der Waals surface area contributed by atoms with E-state index < -0.39 is 0 Å². The highest BCUT2D eigenvalue weighted by atomic mass is 19.1. The van der Waals surface area contributed by atoms with Crippen molar-refractivity contribution in [1.82, 2.24) is 0 Å². The number of anilines is 1. The molecule has 0 aliphatic carbocycles. The standard InChI is InChI=1S/C20H15FN2O/c21-16-13-11-15(12-14-16)19(24)20(22-17-7-3-1-4-8-17)23-18-9-5-2-6-10-18/h1-14H,(H,22,23). The van der Waals surface area contributed by atoms with Crippen LogP contribution in [0, 0.1) is 5.82 Å². The summed E-state index contributed by atoms with van der Waals surface area (Å²) in [5.74, 6) is -0.508. The van der Waals surface area contributed by atoms with Gasteiger partial charge in [-0.05, 0) is 48.5 Å².